The van der Waals surface area contributed by atoms with E-state index in [4.69, 9.17) is 0 Å². The summed E-state index contributed by atoms with van der Waals surface area (Å²) in [7, 11) is 0. The Kier molecular flexibility index (Phi) is 4.52. The molecule has 0 aliphatic carbocycles. The summed E-state index contributed by atoms with van der Waals surface area (Å²) >= 11 is 0. The second kappa shape index (κ2) is 5.53. The van der Waals surface area contributed by atoms with Crippen molar-refractivity contribution in [3.05, 3.63) is 35.9 Å². The van der Waals surface area contributed by atoms with E-state index in [9.17, 15) is 9.90 Å². The fraction of sp³-hybridized carbons (Fsp3) is 0.533. The van der Waals surface area contributed by atoms with Crippen LogP contribution >= 0.6 is 0 Å². The van der Waals surface area contributed by atoms with Crippen LogP contribution in [0, 0.1) is 5.41 Å². The van der Waals surface area contributed by atoms with Crippen LogP contribution in [0.25, 0.3) is 0 Å². The number of carbonyl (C=O) groups excluding carboxylic acids is 1. The maximum atomic E-state index is 12.2. The maximum Gasteiger partial charge on any atom is 0.226 e. The summed E-state index contributed by atoms with van der Waals surface area (Å²) < 4.78 is 0. The zero-order valence-electron chi connectivity index (χ0n) is 11.7. The summed E-state index contributed by atoms with van der Waals surface area (Å²) in [5, 5.41) is 12.1. The van der Waals surface area contributed by atoms with Crippen LogP contribution in [0.1, 0.15) is 33.3 Å². The molecule has 1 aromatic rings. The second-order valence-electron chi connectivity index (χ2n) is 6.04. The highest BCUT2D eigenvalue weighted by Crippen LogP contribution is 2.23. The summed E-state index contributed by atoms with van der Waals surface area (Å²) in [4.78, 5) is 12.2. The molecule has 0 radical (unpaired) electrons. The SMILES string of the molecule is CC(C)(CO)NC(=O)C(C)(C)Cc1ccccc1. The molecule has 0 unspecified atom stereocenters. The molecule has 18 heavy (non-hydrogen) atoms. The molecule has 0 saturated heterocycles. The Morgan fingerprint density at radius 2 is 1.72 bits per heavy atom. The molecule has 1 amide bonds. The highest BCUT2D eigenvalue weighted by atomic mass is 16.3. The van der Waals surface area contributed by atoms with Gasteiger partial charge < -0.3 is 10.4 Å². The number of carbonyl (C=O) groups is 1. The lowest BCUT2D eigenvalue weighted by Crippen LogP contribution is -2.51. The van der Waals surface area contributed by atoms with Gasteiger partial charge in [-0.15, -0.1) is 0 Å². The van der Waals surface area contributed by atoms with Gasteiger partial charge in [0.25, 0.3) is 0 Å². The van der Waals surface area contributed by atoms with Crippen molar-refractivity contribution in [1.82, 2.24) is 5.32 Å². The number of rotatable bonds is 5. The Labute approximate surface area is 109 Å². The fourth-order valence-electron chi connectivity index (χ4n) is 1.70. The quantitative estimate of drug-likeness (QED) is 0.840. The van der Waals surface area contributed by atoms with E-state index < -0.39 is 11.0 Å². The standard InChI is InChI=1S/C15H23NO2/c1-14(2,10-12-8-6-5-7-9-12)13(18)16-15(3,4)11-17/h5-9,17H,10-11H2,1-4H3,(H,16,18). The number of nitrogens with one attached hydrogen (secondary N) is 1. The van der Waals surface area contributed by atoms with Crippen molar-refractivity contribution in [1.29, 1.82) is 0 Å². The molecule has 3 heteroatoms. The zero-order chi connectivity index (χ0) is 13.8. The van der Waals surface area contributed by atoms with Crippen molar-refractivity contribution < 1.29 is 9.90 Å². The summed E-state index contributed by atoms with van der Waals surface area (Å²) in [6, 6.07) is 9.95. The van der Waals surface area contributed by atoms with Gasteiger partial charge in [-0.05, 0) is 25.8 Å². The summed E-state index contributed by atoms with van der Waals surface area (Å²) in [6.07, 6.45) is 0.682. The molecule has 1 aromatic carbocycles. The average Bonchev–Trinajstić information content (AvgIpc) is 2.29. The summed E-state index contributed by atoms with van der Waals surface area (Å²) in [5.74, 6) is -0.0367. The highest BCUT2D eigenvalue weighted by molar-refractivity contribution is 5.82. The molecule has 0 heterocycles. The van der Waals surface area contributed by atoms with Crippen LogP contribution < -0.4 is 5.32 Å². The third-order valence-electron chi connectivity index (χ3n) is 2.95. The van der Waals surface area contributed by atoms with E-state index in [-0.39, 0.29) is 12.5 Å². The van der Waals surface area contributed by atoms with Crippen molar-refractivity contribution in [2.75, 3.05) is 6.61 Å². The third-order valence-corrected chi connectivity index (χ3v) is 2.95. The molecule has 0 aliphatic rings. The van der Waals surface area contributed by atoms with Gasteiger partial charge >= 0.3 is 0 Å². The van der Waals surface area contributed by atoms with Crippen LogP contribution in [-0.2, 0) is 11.2 Å². The van der Waals surface area contributed by atoms with E-state index in [1.54, 1.807) is 0 Å². The van der Waals surface area contributed by atoms with Gasteiger partial charge in [-0.3, -0.25) is 4.79 Å². The minimum atomic E-state index is -0.578. The van der Waals surface area contributed by atoms with Gasteiger partial charge in [0.05, 0.1) is 12.1 Å². The predicted molar refractivity (Wildman–Crippen MR) is 73.2 cm³/mol. The Balaban J connectivity index is 2.72. The van der Waals surface area contributed by atoms with Crippen molar-refractivity contribution >= 4 is 5.91 Å². The Hall–Kier alpha value is -1.35. The number of benzene rings is 1. The molecule has 0 fully saturated rings. The van der Waals surface area contributed by atoms with Crippen molar-refractivity contribution in [2.24, 2.45) is 5.41 Å². The summed E-state index contributed by atoms with van der Waals surface area (Å²) in [5.41, 5.74) is 0.0678. The van der Waals surface area contributed by atoms with Crippen molar-refractivity contribution in [3.63, 3.8) is 0 Å². The topological polar surface area (TPSA) is 49.3 Å². The molecule has 0 aliphatic heterocycles. The maximum absolute atomic E-state index is 12.2. The second-order valence-corrected chi connectivity index (χ2v) is 6.04. The number of aliphatic hydroxyl groups is 1. The van der Waals surface area contributed by atoms with E-state index in [0.717, 1.165) is 5.56 Å². The van der Waals surface area contributed by atoms with Gasteiger partial charge in [0.2, 0.25) is 5.91 Å². The molecule has 3 nitrogen and oxygen atoms in total. The van der Waals surface area contributed by atoms with Crippen LogP contribution in [0.3, 0.4) is 0 Å². The van der Waals surface area contributed by atoms with Gasteiger partial charge in [0.15, 0.2) is 0 Å². The largest absolute Gasteiger partial charge is 0.394 e. The van der Waals surface area contributed by atoms with Crippen molar-refractivity contribution in [2.45, 2.75) is 39.7 Å². The molecule has 0 bridgehead atoms. The first kappa shape index (κ1) is 14.7. The van der Waals surface area contributed by atoms with E-state index in [0.29, 0.717) is 6.42 Å². The first-order chi connectivity index (χ1) is 8.27. The van der Waals surface area contributed by atoms with Crippen LogP contribution in [0.15, 0.2) is 30.3 Å². The molecule has 0 aromatic heterocycles. The fourth-order valence-corrected chi connectivity index (χ4v) is 1.70. The monoisotopic (exact) mass is 249 g/mol. The van der Waals surface area contributed by atoms with Gasteiger partial charge in [0.1, 0.15) is 0 Å². The normalized spacial score (nSPS) is 12.3. The Morgan fingerprint density at radius 1 is 1.17 bits per heavy atom. The predicted octanol–water partition coefficient (Wildman–Crippen LogP) is 2.14. The van der Waals surface area contributed by atoms with Crippen LogP contribution in [0.2, 0.25) is 0 Å². The van der Waals surface area contributed by atoms with E-state index in [1.807, 2.05) is 58.0 Å². The highest BCUT2D eigenvalue weighted by Gasteiger charge is 2.31. The van der Waals surface area contributed by atoms with Crippen LogP contribution in [0.4, 0.5) is 0 Å². The molecule has 100 valence electrons. The number of amides is 1. The van der Waals surface area contributed by atoms with E-state index in [2.05, 4.69) is 5.32 Å². The molecule has 0 spiro atoms. The van der Waals surface area contributed by atoms with E-state index >= 15 is 0 Å². The lowest BCUT2D eigenvalue weighted by Gasteiger charge is -2.30. The first-order valence-corrected chi connectivity index (χ1v) is 6.24. The molecule has 0 atom stereocenters. The number of aliphatic hydroxyl groups excluding tert-OH is 1. The molecule has 0 saturated carbocycles. The Bertz CT molecular complexity index is 396. The minimum absolute atomic E-state index is 0.0367. The molecular weight excluding hydrogens is 226 g/mol. The van der Waals surface area contributed by atoms with Gasteiger partial charge in [0, 0.05) is 5.41 Å². The van der Waals surface area contributed by atoms with Gasteiger partial charge in [-0.25, -0.2) is 0 Å². The smallest absolute Gasteiger partial charge is 0.226 e. The zero-order valence-corrected chi connectivity index (χ0v) is 11.7. The average molecular weight is 249 g/mol. The van der Waals surface area contributed by atoms with Gasteiger partial charge in [-0.1, -0.05) is 44.2 Å². The third kappa shape index (κ3) is 4.15. The molecule has 2 N–H and O–H groups in total. The first-order valence-electron chi connectivity index (χ1n) is 6.24. The van der Waals surface area contributed by atoms with Crippen molar-refractivity contribution in [3.8, 4) is 0 Å². The molecule has 1 rings (SSSR count). The summed E-state index contributed by atoms with van der Waals surface area (Å²) in [6.45, 7) is 7.39. The lowest BCUT2D eigenvalue weighted by molar-refractivity contribution is -0.131. The number of hydrogen-bond acceptors (Lipinski definition) is 2. The van der Waals surface area contributed by atoms with E-state index in [1.165, 1.54) is 0 Å². The molecular formula is C15H23NO2. The minimum Gasteiger partial charge on any atom is -0.394 e. The van der Waals surface area contributed by atoms with Crippen LogP contribution in [0.5, 0.6) is 0 Å². The van der Waals surface area contributed by atoms with Gasteiger partial charge in [-0.2, -0.15) is 0 Å². The number of hydrogen-bond donors (Lipinski definition) is 2. The van der Waals surface area contributed by atoms with Crippen LogP contribution in [-0.4, -0.2) is 23.2 Å². The Morgan fingerprint density at radius 3 is 2.22 bits per heavy atom. The lowest BCUT2D eigenvalue weighted by atomic mass is 9.84.